The Balaban J connectivity index is 2.33. The van der Waals surface area contributed by atoms with E-state index in [0.29, 0.717) is 11.0 Å². The van der Waals surface area contributed by atoms with Gasteiger partial charge in [0.05, 0.1) is 4.88 Å². The van der Waals surface area contributed by atoms with Gasteiger partial charge in [0.1, 0.15) is 5.60 Å². The van der Waals surface area contributed by atoms with E-state index in [9.17, 15) is 5.11 Å². The zero-order valence-electron chi connectivity index (χ0n) is 7.66. The Bertz CT molecular complexity index is 312. The summed E-state index contributed by atoms with van der Waals surface area (Å²) in [5.74, 6) is 0.326. The lowest BCUT2D eigenvalue weighted by atomic mass is 9.91. The second-order valence-corrected chi connectivity index (χ2v) is 4.84. The van der Waals surface area contributed by atoms with Gasteiger partial charge in [-0.25, -0.2) is 4.98 Å². The smallest absolute Gasteiger partial charge is 0.180 e. The zero-order valence-corrected chi connectivity index (χ0v) is 8.47. The number of nitrogens with two attached hydrogens (primary N) is 1. The third-order valence-corrected chi connectivity index (χ3v) is 3.95. The van der Waals surface area contributed by atoms with E-state index in [2.05, 4.69) is 11.9 Å². The van der Waals surface area contributed by atoms with Gasteiger partial charge in [-0.2, -0.15) is 0 Å². The standard InChI is InChI=1S/C9H14N2OS/c1-6-3-2-4-9(6,12)7-5-11-8(10)13-7/h5-6,12H,2-4H2,1H3,(H2,10,11). The molecule has 0 amide bonds. The lowest BCUT2D eigenvalue weighted by Crippen LogP contribution is -2.27. The first kappa shape index (κ1) is 8.97. The molecule has 0 spiro atoms. The maximum atomic E-state index is 10.4. The van der Waals surface area contributed by atoms with Gasteiger partial charge in [-0.3, -0.25) is 0 Å². The lowest BCUT2D eigenvalue weighted by molar-refractivity contribution is 0.00790. The maximum Gasteiger partial charge on any atom is 0.180 e. The van der Waals surface area contributed by atoms with Gasteiger partial charge in [-0.1, -0.05) is 18.3 Å². The van der Waals surface area contributed by atoms with Crippen LogP contribution in [0.25, 0.3) is 0 Å². The number of hydrogen-bond acceptors (Lipinski definition) is 4. The first-order valence-electron chi connectivity index (χ1n) is 4.57. The molecule has 1 heterocycles. The fourth-order valence-electron chi connectivity index (χ4n) is 2.02. The van der Waals surface area contributed by atoms with E-state index in [1.807, 2.05) is 0 Å². The van der Waals surface area contributed by atoms with Crippen molar-refractivity contribution in [1.82, 2.24) is 4.98 Å². The summed E-state index contributed by atoms with van der Waals surface area (Å²) in [7, 11) is 0. The molecule has 2 atom stereocenters. The molecule has 1 aliphatic rings. The van der Waals surface area contributed by atoms with Crippen LogP contribution in [0.2, 0.25) is 0 Å². The zero-order chi connectivity index (χ0) is 9.47. The highest BCUT2D eigenvalue weighted by atomic mass is 32.1. The number of anilines is 1. The number of aromatic nitrogens is 1. The molecule has 4 heteroatoms. The van der Waals surface area contributed by atoms with Crippen LogP contribution in [0.5, 0.6) is 0 Å². The van der Waals surface area contributed by atoms with Gasteiger partial charge in [-0.05, 0) is 25.2 Å². The minimum atomic E-state index is -0.657. The largest absolute Gasteiger partial charge is 0.384 e. The molecule has 1 fully saturated rings. The highest BCUT2D eigenvalue weighted by molar-refractivity contribution is 7.15. The minimum Gasteiger partial charge on any atom is -0.384 e. The highest BCUT2D eigenvalue weighted by Gasteiger charge is 2.41. The Morgan fingerprint density at radius 2 is 2.54 bits per heavy atom. The molecule has 72 valence electrons. The Labute approximate surface area is 81.6 Å². The van der Waals surface area contributed by atoms with Gasteiger partial charge < -0.3 is 10.8 Å². The summed E-state index contributed by atoms with van der Waals surface area (Å²) in [5.41, 5.74) is 4.89. The van der Waals surface area contributed by atoms with Gasteiger partial charge in [0.15, 0.2) is 5.13 Å². The van der Waals surface area contributed by atoms with Crippen LogP contribution < -0.4 is 5.73 Å². The summed E-state index contributed by atoms with van der Waals surface area (Å²) in [6.45, 7) is 2.09. The quantitative estimate of drug-likeness (QED) is 0.722. The molecule has 1 aromatic heterocycles. The molecule has 0 aromatic carbocycles. The second-order valence-electron chi connectivity index (χ2n) is 3.78. The lowest BCUT2D eigenvalue weighted by Gasteiger charge is -2.25. The molecule has 13 heavy (non-hydrogen) atoms. The number of rotatable bonds is 1. The molecular weight excluding hydrogens is 184 g/mol. The predicted molar refractivity (Wildman–Crippen MR) is 53.4 cm³/mol. The van der Waals surface area contributed by atoms with Crippen molar-refractivity contribution in [3.8, 4) is 0 Å². The molecule has 1 aliphatic carbocycles. The Hall–Kier alpha value is -0.610. The van der Waals surface area contributed by atoms with Gasteiger partial charge in [-0.15, -0.1) is 0 Å². The number of thiazole rings is 1. The van der Waals surface area contributed by atoms with E-state index in [1.165, 1.54) is 11.3 Å². The predicted octanol–water partition coefficient (Wildman–Crippen LogP) is 1.73. The fourth-order valence-corrected chi connectivity index (χ4v) is 2.93. The molecule has 1 saturated carbocycles. The monoisotopic (exact) mass is 198 g/mol. The molecule has 0 bridgehead atoms. The molecular formula is C9H14N2OS. The summed E-state index contributed by atoms with van der Waals surface area (Å²) in [6, 6.07) is 0. The number of nitrogen functional groups attached to an aromatic ring is 1. The molecule has 1 aromatic rings. The molecule has 3 N–H and O–H groups in total. The SMILES string of the molecule is CC1CCCC1(O)c1cnc(N)s1. The van der Waals surface area contributed by atoms with Crippen molar-refractivity contribution in [3.63, 3.8) is 0 Å². The van der Waals surface area contributed by atoms with Gasteiger partial charge in [0.2, 0.25) is 0 Å². The molecule has 0 radical (unpaired) electrons. The molecule has 2 unspecified atom stereocenters. The normalized spacial score (nSPS) is 33.8. The average Bonchev–Trinajstić information content (AvgIpc) is 2.62. The maximum absolute atomic E-state index is 10.4. The number of nitrogens with zero attached hydrogens (tertiary/aromatic N) is 1. The van der Waals surface area contributed by atoms with Crippen molar-refractivity contribution in [2.45, 2.75) is 31.8 Å². The summed E-state index contributed by atoms with van der Waals surface area (Å²) < 4.78 is 0. The van der Waals surface area contributed by atoms with Crippen LogP contribution in [0.4, 0.5) is 5.13 Å². The van der Waals surface area contributed by atoms with Crippen molar-refractivity contribution >= 4 is 16.5 Å². The summed E-state index contributed by atoms with van der Waals surface area (Å²) in [6.07, 6.45) is 4.74. The average molecular weight is 198 g/mol. The van der Waals surface area contributed by atoms with Crippen LogP contribution in [0.3, 0.4) is 0 Å². The van der Waals surface area contributed by atoms with E-state index >= 15 is 0 Å². The Kier molecular flexibility index (Phi) is 2.04. The van der Waals surface area contributed by atoms with Crippen molar-refractivity contribution in [1.29, 1.82) is 0 Å². The Morgan fingerprint density at radius 1 is 1.77 bits per heavy atom. The van der Waals surface area contributed by atoms with Crippen molar-refractivity contribution in [2.75, 3.05) is 5.73 Å². The van der Waals surface area contributed by atoms with Crippen LogP contribution in [-0.2, 0) is 5.60 Å². The minimum absolute atomic E-state index is 0.326. The van der Waals surface area contributed by atoms with Crippen LogP contribution in [0.1, 0.15) is 31.1 Å². The molecule has 0 saturated heterocycles. The van der Waals surface area contributed by atoms with Crippen molar-refractivity contribution in [2.24, 2.45) is 5.92 Å². The molecule has 2 rings (SSSR count). The van der Waals surface area contributed by atoms with Gasteiger partial charge >= 0.3 is 0 Å². The second kappa shape index (κ2) is 2.96. The summed E-state index contributed by atoms with van der Waals surface area (Å²) in [5, 5.41) is 10.9. The van der Waals surface area contributed by atoms with Gasteiger partial charge in [0, 0.05) is 6.20 Å². The first-order chi connectivity index (χ1) is 6.13. The number of hydrogen-bond donors (Lipinski definition) is 2. The van der Waals surface area contributed by atoms with E-state index < -0.39 is 5.60 Å². The van der Waals surface area contributed by atoms with E-state index in [1.54, 1.807) is 6.20 Å². The van der Waals surface area contributed by atoms with Crippen molar-refractivity contribution in [3.05, 3.63) is 11.1 Å². The van der Waals surface area contributed by atoms with E-state index in [-0.39, 0.29) is 0 Å². The highest BCUT2D eigenvalue weighted by Crippen LogP contribution is 2.45. The third-order valence-electron chi connectivity index (χ3n) is 2.96. The fraction of sp³-hybridized carbons (Fsp3) is 0.667. The van der Waals surface area contributed by atoms with Crippen LogP contribution >= 0.6 is 11.3 Å². The molecule has 3 nitrogen and oxygen atoms in total. The van der Waals surface area contributed by atoms with Crippen molar-refractivity contribution < 1.29 is 5.11 Å². The molecule has 0 aliphatic heterocycles. The first-order valence-corrected chi connectivity index (χ1v) is 5.39. The van der Waals surface area contributed by atoms with Crippen LogP contribution in [0.15, 0.2) is 6.20 Å². The van der Waals surface area contributed by atoms with Crippen LogP contribution in [0, 0.1) is 5.92 Å². The summed E-state index contributed by atoms with van der Waals surface area (Å²) >= 11 is 1.40. The van der Waals surface area contributed by atoms with Crippen LogP contribution in [-0.4, -0.2) is 10.1 Å². The number of aliphatic hydroxyl groups is 1. The van der Waals surface area contributed by atoms with Gasteiger partial charge in [0.25, 0.3) is 0 Å². The topological polar surface area (TPSA) is 59.1 Å². The Morgan fingerprint density at radius 3 is 3.00 bits per heavy atom. The van der Waals surface area contributed by atoms with E-state index in [0.717, 1.165) is 24.1 Å². The van der Waals surface area contributed by atoms with E-state index in [4.69, 9.17) is 5.73 Å². The summed E-state index contributed by atoms with van der Waals surface area (Å²) in [4.78, 5) is 4.90. The third kappa shape index (κ3) is 1.34.